The Bertz CT molecular complexity index is 784. The number of nitrogens with one attached hydrogen (secondary N) is 1. The fraction of sp³-hybridized carbons (Fsp3) is 0.476. The summed E-state index contributed by atoms with van der Waals surface area (Å²) in [5, 5.41) is 14.9. The number of nitrogens with zero attached hydrogens (tertiary/aromatic N) is 1. The molecule has 0 aliphatic heterocycles. The second kappa shape index (κ2) is 6.68. The molecule has 4 nitrogen and oxygen atoms in total. The van der Waals surface area contributed by atoms with E-state index < -0.39 is 0 Å². The molecule has 2 amide bonds. The van der Waals surface area contributed by atoms with E-state index in [0.29, 0.717) is 5.92 Å². The molecule has 132 valence electrons. The molecule has 2 N–H and O–H groups in total. The quantitative estimate of drug-likeness (QED) is 0.890. The molecule has 1 saturated carbocycles. The van der Waals surface area contributed by atoms with E-state index in [1.807, 2.05) is 18.0 Å². The van der Waals surface area contributed by atoms with Crippen molar-refractivity contribution in [3.63, 3.8) is 0 Å². The second-order valence-electron chi connectivity index (χ2n) is 7.51. The molecule has 1 fully saturated rings. The number of aryl methyl sites for hydroxylation is 2. The maximum Gasteiger partial charge on any atom is 0.321 e. The average Bonchev–Trinajstić information content (AvgIpc) is 3.08. The van der Waals surface area contributed by atoms with Crippen molar-refractivity contribution in [3.8, 4) is 0 Å². The molecule has 4 heteroatoms. The summed E-state index contributed by atoms with van der Waals surface area (Å²) >= 11 is 0. The Kier molecular flexibility index (Phi) is 4.38. The predicted octanol–water partition coefficient (Wildman–Crippen LogP) is 3.95. The molecular formula is C21H26N2O2. The fourth-order valence-electron chi connectivity index (χ4n) is 4.44. The Morgan fingerprint density at radius 1 is 1.12 bits per heavy atom. The summed E-state index contributed by atoms with van der Waals surface area (Å²) in [6.07, 6.45) is 6.13. The number of aliphatic hydroxyl groups excluding tert-OH is 1. The minimum atomic E-state index is -0.0360. The molecule has 2 aromatic carbocycles. The third kappa shape index (κ3) is 2.99. The standard InChI is InChI=1S/C21H26N2O2/c1-23(17-10-5-14(13-24)6-11-17)21(25)22-19-12-9-16-8-7-15-3-2-4-18(19)20(15)16/h2-4,9,12,14,17,24H,5-8,10-11,13H2,1H3,(H,22,25). The summed E-state index contributed by atoms with van der Waals surface area (Å²) in [4.78, 5) is 14.6. The molecular weight excluding hydrogens is 312 g/mol. The lowest BCUT2D eigenvalue weighted by atomic mass is 9.86. The Morgan fingerprint density at radius 2 is 1.84 bits per heavy atom. The lowest BCUT2D eigenvalue weighted by Crippen LogP contribution is -2.42. The lowest BCUT2D eigenvalue weighted by molar-refractivity contribution is 0.139. The van der Waals surface area contributed by atoms with Crippen LogP contribution in [0.3, 0.4) is 0 Å². The van der Waals surface area contributed by atoms with Gasteiger partial charge in [-0.15, -0.1) is 0 Å². The van der Waals surface area contributed by atoms with Crippen LogP contribution in [0.25, 0.3) is 10.8 Å². The zero-order valence-corrected chi connectivity index (χ0v) is 14.8. The zero-order chi connectivity index (χ0) is 17.4. The molecule has 0 saturated heterocycles. The first kappa shape index (κ1) is 16.4. The third-order valence-electron chi connectivity index (χ3n) is 6.06. The van der Waals surface area contributed by atoms with Gasteiger partial charge in [0.05, 0.1) is 5.69 Å². The van der Waals surface area contributed by atoms with Gasteiger partial charge in [-0.1, -0.05) is 24.3 Å². The number of urea groups is 1. The minimum Gasteiger partial charge on any atom is -0.396 e. The highest BCUT2D eigenvalue weighted by atomic mass is 16.3. The van der Waals surface area contributed by atoms with Gasteiger partial charge in [0.15, 0.2) is 0 Å². The highest BCUT2D eigenvalue weighted by Crippen LogP contribution is 2.35. The fourth-order valence-corrected chi connectivity index (χ4v) is 4.44. The van der Waals surface area contributed by atoms with Crippen LogP contribution < -0.4 is 5.32 Å². The van der Waals surface area contributed by atoms with Crippen LogP contribution in [0.2, 0.25) is 0 Å². The molecule has 0 bridgehead atoms. The number of hydrogen-bond donors (Lipinski definition) is 2. The Hall–Kier alpha value is -2.07. The molecule has 2 aliphatic carbocycles. The van der Waals surface area contributed by atoms with Gasteiger partial charge in [-0.05, 0) is 67.0 Å². The van der Waals surface area contributed by atoms with E-state index in [1.165, 1.54) is 16.5 Å². The number of benzene rings is 2. The molecule has 2 aliphatic rings. The van der Waals surface area contributed by atoms with Crippen molar-refractivity contribution in [3.05, 3.63) is 41.5 Å². The molecule has 0 heterocycles. The highest BCUT2D eigenvalue weighted by molar-refractivity contribution is 6.04. The van der Waals surface area contributed by atoms with Crippen LogP contribution in [0.4, 0.5) is 10.5 Å². The van der Waals surface area contributed by atoms with Gasteiger partial charge in [0, 0.05) is 25.1 Å². The first-order valence-corrected chi connectivity index (χ1v) is 9.35. The van der Waals surface area contributed by atoms with Crippen molar-refractivity contribution < 1.29 is 9.90 Å². The van der Waals surface area contributed by atoms with Crippen molar-refractivity contribution in [2.45, 2.75) is 44.6 Å². The summed E-state index contributed by atoms with van der Waals surface area (Å²) in [7, 11) is 1.89. The average molecular weight is 338 g/mol. The van der Waals surface area contributed by atoms with Gasteiger partial charge in [-0.2, -0.15) is 0 Å². The summed E-state index contributed by atoms with van der Waals surface area (Å²) < 4.78 is 0. The number of hydrogen-bond acceptors (Lipinski definition) is 2. The molecule has 0 unspecified atom stereocenters. The van der Waals surface area contributed by atoms with Gasteiger partial charge in [0.1, 0.15) is 0 Å². The van der Waals surface area contributed by atoms with Gasteiger partial charge in [-0.3, -0.25) is 0 Å². The predicted molar refractivity (Wildman–Crippen MR) is 101 cm³/mol. The van der Waals surface area contributed by atoms with Crippen molar-refractivity contribution in [2.75, 3.05) is 19.0 Å². The molecule has 0 spiro atoms. The van der Waals surface area contributed by atoms with Crippen molar-refractivity contribution in [2.24, 2.45) is 5.92 Å². The third-order valence-corrected chi connectivity index (χ3v) is 6.06. The summed E-state index contributed by atoms with van der Waals surface area (Å²) in [6.45, 7) is 0.267. The minimum absolute atomic E-state index is 0.0360. The zero-order valence-electron chi connectivity index (χ0n) is 14.8. The van der Waals surface area contributed by atoms with E-state index in [0.717, 1.165) is 49.6 Å². The van der Waals surface area contributed by atoms with Crippen molar-refractivity contribution in [1.82, 2.24) is 4.90 Å². The smallest absolute Gasteiger partial charge is 0.321 e. The van der Waals surface area contributed by atoms with Crippen molar-refractivity contribution in [1.29, 1.82) is 0 Å². The summed E-state index contributed by atoms with van der Waals surface area (Å²) in [6, 6.07) is 10.8. The Balaban J connectivity index is 1.51. The number of carbonyl (C=O) groups is 1. The van der Waals surface area contributed by atoms with Gasteiger partial charge < -0.3 is 15.3 Å². The monoisotopic (exact) mass is 338 g/mol. The number of rotatable bonds is 3. The number of amides is 2. The van der Waals surface area contributed by atoms with E-state index in [9.17, 15) is 9.90 Å². The highest BCUT2D eigenvalue weighted by Gasteiger charge is 2.26. The molecule has 25 heavy (non-hydrogen) atoms. The SMILES string of the molecule is CN(C(=O)Nc1ccc2c3c(cccc13)CC2)C1CCC(CO)CC1. The van der Waals surface area contributed by atoms with Gasteiger partial charge in [0.2, 0.25) is 0 Å². The van der Waals surface area contributed by atoms with Crippen LogP contribution in [-0.2, 0) is 12.8 Å². The molecule has 0 radical (unpaired) electrons. The largest absolute Gasteiger partial charge is 0.396 e. The van der Waals surface area contributed by atoms with Crippen LogP contribution in [0.1, 0.15) is 36.8 Å². The normalized spacial score (nSPS) is 22.2. The van der Waals surface area contributed by atoms with Gasteiger partial charge in [-0.25, -0.2) is 4.79 Å². The molecule has 2 aromatic rings. The summed E-state index contributed by atoms with van der Waals surface area (Å²) in [5.74, 6) is 0.407. The van der Waals surface area contributed by atoms with E-state index in [2.05, 4.69) is 29.6 Å². The van der Waals surface area contributed by atoms with Crippen LogP contribution in [0.15, 0.2) is 30.3 Å². The van der Waals surface area contributed by atoms with Crippen LogP contribution in [-0.4, -0.2) is 35.7 Å². The van der Waals surface area contributed by atoms with Gasteiger partial charge >= 0.3 is 6.03 Å². The molecule has 0 aromatic heterocycles. The number of anilines is 1. The van der Waals surface area contributed by atoms with E-state index in [4.69, 9.17) is 0 Å². The Labute approximate surface area is 148 Å². The van der Waals surface area contributed by atoms with Gasteiger partial charge in [0.25, 0.3) is 0 Å². The summed E-state index contributed by atoms with van der Waals surface area (Å²) in [5.41, 5.74) is 3.68. The second-order valence-corrected chi connectivity index (χ2v) is 7.51. The van der Waals surface area contributed by atoms with E-state index in [1.54, 1.807) is 0 Å². The number of aliphatic hydroxyl groups is 1. The Morgan fingerprint density at radius 3 is 2.56 bits per heavy atom. The van der Waals surface area contributed by atoms with Crippen LogP contribution in [0.5, 0.6) is 0 Å². The van der Waals surface area contributed by atoms with Crippen LogP contribution >= 0.6 is 0 Å². The first-order chi connectivity index (χ1) is 12.2. The molecule has 4 rings (SSSR count). The van der Waals surface area contributed by atoms with E-state index in [-0.39, 0.29) is 18.7 Å². The maximum absolute atomic E-state index is 12.8. The number of carbonyl (C=O) groups excluding carboxylic acids is 1. The van der Waals surface area contributed by atoms with Crippen LogP contribution in [0, 0.1) is 5.92 Å². The lowest BCUT2D eigenvalue weighted by Gasteiger charge is -2.34. The van der Waals surface area contributed by atoms with E-state index >= 15 is 0 Å². The first-order valence-electron chi connectivity index (χ1n) is 9.35. The molecule has 0 atom stereocenters. The van der Waals surface area contributed by atoms with Crippen molar-refractivity contribution >= 4 is 22.5 Å². The maximum atomic E-state index is 12.8. The topological polar surface area (TPSA) is 52.6 Å².